The maximum atomic E-state index is 12.4. The van der Waals surface area contributed by atoms with Crippen molar-refractivity contribution >= 4 is 11.9 Å². The Kier molecular flexibility index (Phi) is 3.13. The Morgan fingerprint density at radius 1 is 1.27 bits per heavy atom. The molecule has 22 heavy (non-hydrogen) atoms. The van der Waals surface area contributed by atoms with Crippen molar-refractivity contribution in [2.45, 2.75) is 38.1 Å². The van der Waals surface area contributed by atoms with Gasteiger partial charge in [0.05, 0.1) is 5.92 Å². The van der Waals surface area contributed by atoms with E-state index in [0.717, 1.165) is 36.9 Å². The Balaban J connectivity index is 1.31. The summed E-state index contributed by atoms with van der Waals surface area (Å²) in [4.78, 5) is 31.6. The van der Waals surface area contributed by atoms with Gasteiger partial charge in [-0.2, -0.15) is 0 Å². The largest absolute Gasteiger partial charge is 0.481 e. The van der Waals surface area contributed by atoms with Crippen LogP contribution >= 0.6 is 0 Å². The lowest BCUT2D eigenvalue weighted by Crippen LogP contribution is -2.36. The van der Waals surface area contributed by atoms with Crippen molar-refractivity contribution in [3.8, 4) is 0 Å². The highest BCUT2D eigenvalue weighted by molar-refractivity contribution is 5.80. The first kappa shape index (κ1) is 13.7. The van der Waals surface area contributed by atoms with Crippen LogP contribution in [0.25, 0.3) is 0 Å². The van der Waals surface area contributed by atoms with Gasteiger partial charge in [-0.05, 0) is 49.5 Å². The number of rotatable bonds is 4. The van der Waals surface area contributed by atoms with Crippen molar-refractivity contribution in [1.29, 1.82) is 0 Å². The van der Waals surface area contributed by atoms with Crippen LogP contribution in [-0.4, -0.2) is 33.0 Å². The van der Waals surface area contributed by atoms with Gasteiger partial charge in [-0.1, -0.05) is 0 Å². The number of amides is 1. The molecule has 0 aliphatic heterocycles. The lowest BCUT2D eigenvalue weighted by Gasteiger charge is -2.22. The van der Waals surface area contributed by atoms with Crippen LogP contribution in [0.15, 0.2) is 12.5 Å². The van der Waals surface area contributed by atoms with Gasteiger partial charge in [0.2, 0.25) is 5.91 Å². The Morgan fingerprint density at radius 3 is 2.91 bits per heavy atom. The number of nitrogens with one attached hydrogen (secondary N) is 1. The number of hydrogen-bond acceptors (Lipinski definition) is 4. The van der Waals surface area contributed by atoms with E-state index in [9.17, 15) is 9.59 Å². The number of carboxylic acid groups (broad SMARTS) is 1. The van der Waals surface area contributed by atoms with E-state index in [4.69, 9.17) is 5.11 Å². The zero-order valence-corrected chi connectivity index (χ0v) is 12.2. The molecular weight excluding hydrogens is 282 g/mol. The Hall–Kier alpha value is -1.98. The molecule has 116 valence electrons. The van der Waals surface area contributed by atoms with Gasteiger partial charge < -0.3 is 10.4 Å². The maximum absolute atomic E-state index is 12.4. The number of aliphatic carboxylic acids is 1. The fraction of sp³-hybridized carbons (Fsp3) is 0.625. The van der Waals surface area contributed by atoms with Crippen LogP contribution in [0.4, 0.5) is 0 Å². The summed E-state index contributed by atoms with van der Waals surface area (Å²) in [5.41, 5.74) is 2.14. The number of nitrogens with zero attached hydrogens (tertiary/aromatic N) is 2. The zero-order valence-electron chi connectivity index (χ0n) is 12.2. The molecule has 2 saturated carbocycles. The van der Waals surface area contributed by atoms with Gasteiger partial charge in [0.25, 0.3) is 0 Å². The summed E-state index contributed by atoms with van der Waals surface area (Å²) in [5.74, 6) is -0.104. The first-order chi connectivity index (χ1) is 10.6. The second-order valence-corrected chi connectivity index (χ2v) is 6.79. The fourth-order valence-electron chi connectivity index (χ4n) is 3.81. The third kappa shape index (κ3) is 2.46. The second-order valence-electron chi connectivity index (χ2n) is 6.79. The molecule has 3 aliphatic rings. The minimum Gasteiger partial charge on any atom is -0.481 e. The fourth-order valence-corrected chi connectivity index (χ4v) is 3.81. The average Bonchev–Trinajstić information content (AvgIpc) is 3.40. The van der Waals surface area contributed by atoms with Crippen molar-refractivity contribution < 1.29 is 14.7 Å². The van der Waals surface area contributed by atoms with Gasteiger partial charge in [0.15, 0.2) is 0 Å². The summed E-state index contributed by atoms with van der Waals surface area (Å²) < 4.78 is 0. The molecule has 1 aromatic rings. The van der Waals surface area contributed by atoms with Crippen LogP contribution < -0.4 is 5.32 Å². The predicted octanol–water partition coefficient (Wildman–Crippen LogP) is 0.807. The third-order valence-electron chi connectivity index (χ3n) is 5.32. The van der Waals surface area contributed by atoms with Crippen LogP contribution in [0.2, 0.25) is 0 Å². The smallest absolute Gasteiger partial charge is 0.306 e. The molecule has 0 bridgehead atoms. The molecule has 1 aromatic heterocycles. The van der Waals surface area contributed by atoms with E-state index < -0.39 is 5.97 Å². The molecule has 4 rings (SSSR count). The molecule has 2 fully saturated rings. The summed E-state index contributed by atoms with van der Waals surface area (Å²) in [7, 11) is 0. The van der Waals surface area contributed by atoms with Crippen molar-refractivity contribution in [1.82, 2.24) is 15.3 Å². The number of aromatic nitrogens is 2. The SMILES string of the molecule is O=C(N[C@H]1C[C@H]1[C@H]1C[C@H]1C(=O)O)C1CCc2ncncc2C1. The molecule has 0 saturated heterocycles. The third-order valence-corrected chi connectivity index (χ3v) is 5.32. The standard InChI is InChI=1S/C16H19N3O3/c20-15(8-1-2-13-9(3-8)6-17-7-18-13)19-14-5-11(14)10-4-12(10)16(21)22/h6-8,10-12,14H,1-5H2,(H,19,20)(H,21,22)/t8?,10-,11+,12-,14+/m1/s1. The molecule has 0 radical (unpaired) electrons. The van der Waals surface area contributed by atoms with Crippen molar-refractivity contribution in [2.75, 3.05) is 0 Å². The molecule has 0 aromatic carbocycles. The molecule has 6 heteroatoms. The van der Waals surface area contributed by atoms with Gasteiger partial charge in [-0.3, -0.25) is 9.59 Å². The van der Waals surface area contributed by atoms with E-state index in [0.29, 0.717) is 12.3 Å². The quantitative estimate of drug-likeness (QED) is 0.858. The van der Waals surface area contributed by atoms with E-state index >= 15 is 0 Å². The first-order valence-corrected chi connectivity index (χ1v) is 7.94. The predicted molar refractivity (Wildman–Crippen MR) is 76.8 cm³/mol. The molecule has 0 spiro atoms. The lowest BCUT2D eigenvalue weighted by molar-refractivity contribution is -0.138. The average molecular weight is 301 g/mol. The highest BCUT2D eigenvalue weighted by Crippen LogP contribution is 2.54. The van der Waals surface area contributed by atoms with Gasteiger partial charge in [0, 0.05) is 23.9 Å². The summed E-state index contributed by atoms with van der Waals surface area (Å²) >= 11 is 0. The normalized spacial score (nSPS) is 35.4. The van der Waals surface area contributed by atoms with Crippen LogP contribution in [0, 0.1) is 23.7 Å². The molecule has 5 atom stereocenters. The van der Waals surface area contributed by atoms with E-state index in [-0.39, 0.29) is 29.7 Å². The molecular formula is C16H19N3O3. The number of carbonyl (C=O) groups is 2. The minimum absolute atomic E-state index is 0.00535. The summed E-state index contributed by atoms with van der Waals surface area (Å²) in [6.45, 7) is 0. The number of fused-ring (bicyclic) bond motifs is 1. The van der Waals surface area contributed by atoms with Crippen molar-refractivity contribution in [3.05, 3.63) is 23.8 Å². The number of aryl methyl sites for hydroxylation is 1. The summed E-state index contributed by atoms with van der Waals surface area (Å²) in [6.07, 6.45) is 7.45. The van der Waals surface area contributed by atoms with Crippen LogP contribution in [0.1, 0.15) is 30.5 Å². The van der Waals surface area contributed by atoms with E-state index in [1.54, 1.807) is 6.33 Å². The van der Waals surface area contributed by atoms with Crippen molar-refractivity contribution in [3.63, 3.8) is 0 Å². The Bertz CT molecular complexity index is 633. The van der Waals surface area contributed by atoms with Crippen LogP contribution in [0.3, 0.4) is 0 Å². The van der Waals surface area contributed by atoms with Gasteiger partial charge in [-0.15, -0.1) is 0 Å². The molecule has 1 heterocycles. The van der Waals surface area contributed by atoms with E-state index in [2.05, 4.69) is 15.3 Å². The number of carboxylic acids is 1. The molecule has 6 nitrogen and oxygen atoms in total. The van der Waals surface area contributed by atoms with Crippen molar-refractivity contribution in [2.24, 2.45) is 23.7 Å². The highest BCUT2D eigenvalue weighted by Gasteiger charge is 2.57. The number of hydrogen-bond donors (Lipinski definition) is 2. The Morgan fingerprint density at radius 2 is 2.14 bits per heavy atom. The van der Waals surface area contributed by atoms with E-state index in [1.165, 1.54) is 0 Å². The van der Waals surface area contributed by atoms with E-state index in [1.807, 2.05) is 6.20 Å². The Labute approximate surface area is 128 Å². The first-order valence-electron chi connectivity index (χ1n) is 7.94. The molecule has 2 N–H and O–H groups in total. The molecule has 1 unspecified atom stereocenters. The highest BCUT2D eigenvalue weighted by atomic mass is 16.4. The van der Waals surface area contributed by atoms with Crippen LogP contribution in [0.5, 0.6) is 0 Å². The van der Waals surface area contributed by atoms with Gasteiger partial charge in [0.1, 0.15) is 6.33 Å². The number of carbonyl (C=O) groups excluding carboxylic acids is 1. The lowest BCUT2D eigenvalue weighted by atomic mass is 9.87. The molecule has 1 amide bonds. The summed E-state index contributed by atoms with van der Waals surface area (Å²) in [5, 5.41) is 12.1. The summed E-state index contributed by atoms with van der Waals surface area (Å²) in [6, 6.07) is 0.190. The topological polar surface area (TPSA) is 92.2 Å². The van der Waals surface area contributed by atoms with Gasteiger partial charge >= 0.3 is 5.97 Å². The molecule has 3 aliphatic carbocycles. The van der Waals surface area contributed by atoms with Gasteiger partial charge in [-0.25, -0.2) is 9.97 Å². The second kappa shape index (κ2) is 5.04. The van der Waals surface area contributed by atoms with Crippen LogP contribution in [-0.2, 0) is 22.4 Å². The monoisotopic (exact) mass is 301 g/mol. The minimum atomic E-state index is -0.689. The zero-order chi connectivity index (χ0) is 15.3. The maximum Gasteiger partial charge on any atom is 0.306 e.